The van der Waals surface area contributed by atoms with E-state index in [0.29, 0.717) is 24.5 Å². The molecule has 0 aliphatic carbocycles. The number of rotatable bonds is 6. The van der Waals surface area contributed by atoms with Gasteiger partial charge in [0.2, 0.25) is 0 Å². The Morgan fingerprint density at radius 2 is 2.33 bits per heavy atom. The molecule has 7 heteroatoms. The molecule has 1 aromatic rings. The minimum Gasteiger partial charge on any atom is -0.384 e. The number of nitrogens with one attached hydrogen (secondary N) is 2. The van der Waals surface area contributed by atoms with Crippen molar-refractivity contribution < 1.29 is 9.53 Å². The molecule has 1 heterocycles. The van der Waals surface area contributed by atoms with E-state index in [9.17, 15) is 4.79 Å². The summed E-state index contributed by atoms with van der Waals surface area (Å²) in [6, 6.07) is 3.01. The summed E-state index contributed by atoms with van der Waals surface area (Å²) >= 11 is 5.78. The summed E-state index contributed by atoms with van der Waals surface area (Å²) in [6.07, 6.45) is 0. The van der Waals surface area contributed by atoms with Gasteiger partial charge in [-0.15, -0.1) is 0 Å². The number of ether oxygens (including phenoxy) is 1. The molecule has 100 valence electrons. The quantitative estimate of drug-likeness (QED) is 0.409. The molecule has 0 spiro atoms. The Balaban J connectivity index is 2.63. The molecule has 1 atom stereocenters. The molecule has 0 fully saturated rings. The number of anilines is 1. The van der Waals surface area contributed by atoms with Gasteiger partial charge in [0, 0.05) is 19.2 Å². The summed E-state index contributed by atoms with van der Waals surface area (Å²) in [5.41, 5.74) is 2.76. The van der Waals surface area contributed by atoms with E-state index in [-0.39, 0.29) is 17.0 Å². The molecule has 6 nitrogen and oxygen atoms in total. The maximum atomic E-state index is 11.9. The Morgan fingerprint density at radius 3 is 2.94 bits per heavy atom. The number of aromatic nitrogens is 1. The molecular weight excluding hydrogens is 256 g/mol. The smallest absolute Gasteiger partial charge is 0.251 e. The van der Waals surface area contributed by atoms with Crippen molar-refractivity contribution in [3.63, 3.8) is 0 Å². The molecule has 0 bridgehead atoms. The minimum absolute atomic E-state index is 0.209. The van der Waals surface area contributed by atoms with Crippen LogP contribution >= 0.6 is 11.6 Å². The molecule has 0 saturated carbocycles. The van der Waals surface area contributed by atoms with Crippen LogP contribution in [0.4, 0.5) is 5.82 Å². The molecule has 1 unspecified atom stereocenters. The predicted octanol–water partition coefficient (Wildman–Crippen LogP) is 1.03. The number of pyridine rings is 1. The molecule has 4 N–H and O–H groups in total. The van der Waals surface area contributed by atoms with Crippen LogP contribution in [0, 0.1) is 5.92 Å². The van der Waals surface area contributed by atoms with Gasteiger partial charge < -0.3 is 15.5 Å². The first-order chi connectivity index (χ1) is 8.56. The van der Waals surface area contributed by atoms with Crippen LogP contribution in [0.15, 0.2) is 12.1 Å². The first-order valence-electron chi connectivity index (χ1n) is 5.48. The third kappa shape index (κ3) is 4.48. The van der Waals surface area contributed by atoms with E-state index < -0.39 is 0 Å². The topological polar surface area (TPSA) is 89.3 Å². The summed E-state index contributed by atoms with van der Waals surface area (Å²) in [4.78, 5) is 15.8. The number of halogens is 1. The van der Waals surface area contributed by atoms with E-state index in [4.69, 9.17) is 22.2 Å². The van der Waals surface area contributed by atoms with Crippen molar-refractivity contribution in [1.82, 2.24) is 10.3 Å². The first-order valence-corrected chi connectivity index (χ1v) is 5.86. The first kappa shape index (κ1) is 14.7. The van der Waals surface area contributed by atoms with Crippen molar-refractivity contribution in [2.75, 3.05) is 25.7 Å². The SMILES string of the molecule is COCC(C)CNC(=O)c1cc(Cl)nc(NN)c1. The number of nitrogens with two attached hydrogens (primary N) is 1. The standard InChI is InChI=1S/C11H17ClN4O2/c1-7(6-18-2)5-14-11(17)8-3-9(12)15-10(4-8)16-13/h3-4,7H,5-6,13H2,1-2H3,(H,14,17)(H,15,16). The lowest BCUT2D eigenvalue weighted by atomic mass is 10.2. The summed E-state index contributed by atoms with van der Waals surface area (Å²) < 4.78 is 4.99. The number of carbonyl (C=O) groups is 1. The van der Waals surface area contributed by atoms with Gasteiger partial charge in [0.25, 0.3) is 5.91 Å². The zero-order valence-electron chi connectivity index (χ0n) is 10.4. The Hall–Kier alpha value is -1.37. The van der Waals surface area contributed by atoms with Crippen LogP contribution in [-0.2, 0) is 4.74 Å². The summed E-state index contributed by atoms with van der Waals surface area (Å²) in [5, 5.41) is 3.00. The molecule has 1 aromatic heterocycles. The van der Waals surface area contributed by atoms with Gasteiger partial charge in [-0.2, -0.15) is 0 Å². The van der Waals surface area contributed by atoms with Gasteiger partial charge in [0.15, 0.2) is 0 Å². The van der Waals surface area contributed by atoms with Crippen molar-refractivity contribution in [2.45, 2.75) is 6.92 Å². The molecule has 0 aromatic carbocycles. The second-order valence-corrected chi connectivity index (χ2v) is 4.37. The zero-order valence-corrected chi connectivity index (χ0v) is 11.1. The Labute approximate surface area is 111 Å². The lowest BCUT2D eigenvalue weighted by Crippen LogP contribution is -2.30. The zero-order chi connectivity index (χ0) is 13.5. The fourth-order valence-electron chi connectivity index (χ4n) is 1.41. The van der Waals surface area contributed by atoms with Gasteiger partial charge in [-0.05, 0) is 18.1 Å². The van der Waals surface area contributed by atoms with Crippen LogP contribution in [0.5, 0.6) is 0 Å². The highest BCUT2D eigenvalue weighted by Crippen LogP contribution is 2.13. The Bertz CT molecular complexity index is 414. The molecule has 0 saturated heterocycles. The van der Waals surface area contributed by atoms with E-state index in [2.05, 4.69) is 15.7 Å². The summed E-state index contributed by atoms with van der Waals surface area (Å²) in [5.74, 6) is 5.59. The number of hydrogen-bond donors (Lipinski definition) is 3. The van der Waals surface area contributed by atoms with Gasteiger partial charge in [-0.3, -0.25) is 4.79 Å². The van der Waals surface area contributed by atoms with Gasteiger partial charge in [-0.25, -0.2) is 10.8 Å². The monoisotopic (exact) mass is 272 g/mol. The molecule has 0 aliphatic rings. The van der Waals surface area contributed by atoms with Crippen molar-refractivity contribution in [3.05, 3.63) is 22.8 Å². The van der Waals surface area contributed by atoms with Gasteiger partial charge in [-0.1, -0.05) is 18.5 Å². The van der Waals surface area contributed by atoms with Crippen LogP contribution in [0.3, 0.4) is 0 Å². The number of carbonyl (C=O) groups excluding carboxylic acids is 1. The van der Waals surface area contributed by atoms with Gasteiger partial charge >= 0.3 is 0 Å². The number of nitrogen functional groups attached to an aromatic ring is 1. The summed E-state index contributed by atoms with van der Waals surface area (Å²) in [6.45, 7) is 3.10. The predicted molar refractivity (Wildman–Crippen MR) is 70.4 cm³/mol. The van der Waals surface area contributed by atoms with Crippen LogP contribution in [0.2, 0.25) is 5.15 Å². The van der Waals surface area contributed by atoms with E-state index >= 15 is 0 Å². The highest BCUT2D eigenvalue weighted by molar-refractivity contribution is 6.29. The number of hydrogen-bond acceptors (Lipinski definition) is 5. The van der Waals surface area contributed by atoms with E-state index in [1.54, 1.807) is 7.11 Å². The highest BCUT2D eigenvalue weighted by atomic mass is 35.5. The Morgan fingerprint density at radius 1 is 1.61 bits per heavy atom. The van der Waals surface area contributed by atoms with E-state index in [1.807, 2.05) is 6.92 Å². The summed E-state index contributed by atoms with van der Waals surface area (Å²) in [7, 11) is 1.63. The number of amides is 1. The van der Waals surface area contributed by atoms with Crippen LogP contribution < -0.4 is 16.6 Å². The van der Waals surface area contributed by atoms with E-state index in [1.165, 1.54) is 12.1 Å². The maximum absolute atomic E-state index is 11.9. The van der Waals surface area contributed by atoms with Crippen LogP contribution in [0.1, 0.15) is 17.3 Å². The average Bonchev–Trinajstić information content (AvgIpc) is 2.35. The third-order valence-corrected chi connectivity index (χ3v) is 2.46. The molecule has 0 radical (unpaired) electrons. The average molecular weight is 273 g/mol. The van der Waals surface area contributed by atoms with Crippen molar-refractivity contribution in [1.29, 1.82) is 0 Å². The maximum Gasteiger partial charge on any atom is 0.251 e. The largest absolute Gasteiger partial charge is 0.384 e. The molecule has 1 rings (SSSR count). The van der Waals surface area contributed by atoms with Gasteiger partial charge in [0.05, 0.1) is 6.61 Å². The molecule has 1 amide bonds. The second-order valence-electron chi connectivity index (χ2n) is 3.98. The minimum atomic E-state index is -0.223. The number of nitrogens with zero attached hydrogens (tertiary/aromatic N) is 1. The van der Waals surface area contributed by atoms with E-state index in [0.717, 1.165) is 0 Å². The fourth-order valence-corrected chi connectivity index (χ4v) is 1.62. The number of methoxy groups -OCH3 is 1. The van der Waals surface area contributed by atoms with Crippen LogP contribution in [0.25, 0.3) is 0 Å². The van der Waals surface area contributed by atoms with Crippen molar-refractivity contribution >= 4 is 23.3 Å². The Kier molecular flexibility index (Phi) is 5.84. The third-order valence-electron chi connectivity index (χ3n) is 2.27. The van der Waals surface area contributed by atoms with Crippen molar-refractivity contribution in [3.8, 4) is 0 Å². The van der Waals surface area contributed by atoms with Crippen LogP contribution in [-0.4, -0.2) is 31.2 Å². The normalized spacial score (nSPS) is 12.0. The lowest BCUT2D eigenvalue weighted by molar-refractivity contribution is 0.0934. The van der Waals surface area contributed by atoms with Crippen molar-refractivity contribution in [2.24, 2.45) is 11.8 Å². The molecular formula is C11H17ClN4O2. The molecule has 0 aliphatic heterocycles. The number of hydrazine groups is 1. The second kappa shape index (κ2) is 7.15. The molecule has 18 heavy (non-hydrogen) atoms. The fraction of sp³-hybridized carbons (Fsp3) is 0.455. The highest BCUT2D eigenvalue weighted by Gasteiger charge is 2.10. The van der Waals surface area contributed by atoms with Gasteiger partial charge in [0.1, 0.15) is 11.0 Å². The lowest BCUT2D eigenvalue weighted by Gasteiger charge is -2.12.